The van der Waals surface area contributed by atoms with Crippen molar-refractivity contribution in [3.63, 3.8) is 0 Å². The fourth-order valence-corrected chi connectivity index (χ4v) is 1.59. The lowest BCUT2D eigenvalue weighted by atomic mass is 10.1. The minimum absolute atomic E-state index is 0.0279. The number of hydrogen-bond acceptors (Lipinski definition) is 2. The average molecular weight is 229 g/mol. The highest BCUT2D eigenvalue weighted by Crippen LogP contribution is 2.07. The molecule has 1 aliphatic rings. The summed E-state index contributed by atoms with van der Waals surface area (Å²) in [7, 11) is 0. The van der Waals surface area contributed by atoms with Gasteiger partial charge < -0.3 is 10.4 Å². The first-order chi connectivity index (χ1) is 7.70. The first-order valence-corrected chi connectivity index (χ1v) is 6.65. The zero-order valence-corrected chi connectivity index (χ0v) is 10.8. The summed E-state index contributed by atoms with van der Waals surface area (Å²) in [6.07, 6.45) is 8.47. The second-order valence-electron chi connectivity index (χ2n) is 4.39. The van der Waals surface area contributed by atoms with Crippen molar-refractivity contribution in [1.29, 1.82) is 0 Å². The molecule has 3 nitrogen and oxygen atoms in total. The zero-order valence-electron chi connectivity index (χ0n) is 10.8. The largest absolute Gasteiger partial charge is 0.393 e. The first-order valence-electron chi connectivity index (χ1n) is 6.65. The minimum atomic E-state index is -0.0279. The Kier molecular flexibility index (Phi) is 10.5. The van der Waals surface area contributed by atoms with Crippen LogP contribution in [0.4, 0.5) is 0 Å². The zero-order chi connectivity index (χ0) is 12.2. The molecule has 0 radical (unpaired) electrons. The van der Waals surface area contributed by atoms with E-state index in [1.54, 1.807) is 0 Å². The van der Waals surface area contributed by atoms with Gasteiger partial charge in [-0.25, -0.2) is 0 Å². The number of amides is 1. The highest BCUT2D eigenvalue weighted by atomic mass is 16.3. The molecular weight excluding hydrogens is 202 g/mol. The Bertz CT molecular complexity index is 155. The summed E-state index contributed by atoms with van der Waals surface area (Å²) in [5.74, 6) is 0.204. The second kappa shape index (κ2) is 10.9. The molecule has 0 atom stereocenters. The maximum absolute atomic E-state index is 10.1. The molecule has 0 bridgehead atoms. The predicted octanol–water partition coefficient (Wildman–Crippen LogP) is 2.62. The van der Waals surface area contributed by atoms with Crippen LogP contribution in [0.15, 0.2) is 0 Å². The number of unbranched alkanes of at least 4 members (excludes halogenated alkanes) is 2. The molecule has 1 heterocycles. The van der Waals surface area contributed by atoms with Crippen LogP contribution in [0, 0.1) is 0 Å². The number of rotatable bonds is 6. The Morgan fingerprint density at radius 2 is 1.81 bits per heavy atom. The summed E-state index contributed by atoms with van der Waals surface area (Å²) >= 11 is 0. The van der Waals surface area contributed by atoms with Crippen LogP contribution in [-0.2, 0) is 4.79 Å². The summed E-state index contributed by atoms with van der Waals surface area (Å²) in [5.41, 5.74) is 0. The molecule has 0 aromatic carbocycles. The van der Waals surface area contributed by atoms with Gasteiger partial charge in [0.2, 0.25) is 5.91 Å². The van der Waals surface area contributed by atoms with Gasteiger partial charge >= 0.3 is 0 Å². The van der Waals surface area contributed by atoms with E-state index in [1.807, 2.05) is 0 Å². The van der Waals surface area contributed by atoms with Crippen molar-refractivity contribution in [3.05, 3.63) is 0 Å². The van der Waals surface area contributed by atoms with Gasteiger partial charge in [-0.1, -0.05) is 39.5 Å². The van der Waals surface area contributed by atoms with Gasteiger partial charge in [0.1, 0.15) is 0 Å². The second-order valence-corrected chi connectivity index (χ2v) is 4.39. The SMILES string of the molecule is CCCCC(O)CCCC.O=C1CCCN1. The molecule has 3 heteroatoms. The Balaban J connectivity index is 0.000000315. The lowest BCUT2D eigenvalue weighted by molar-refractivity contribution is -0.119. The van der Waals surface area contributed by atoms with Crippen LogP contribution in [-0.4, -0.2) is 23.7 Å². The van der Waals surface area contributed by atoms with Gasteiger partial charge in [0.25, 0.3) is 0 Å². The molecule has 1 rings (SSSR count). The Morgan fingerprint density at radius 3 is 2.06 bits per heavy atom. The quantitative estimate of drug-likeness (QED) is 0.735. The fourth-order valence-electron chi connectivity index (χ4n) is 1.59. The van der Waals surface area contributed by atoms with Crippen molar-refractivity contribution < 1.29 is 9.90 Å². The van der Waals surface area contributed by atoms with E-state index < -0.39 is 0 Å². The van der Waals surface area contributed by atoms with Crippen molar-refractivity contribution in [2.24, 2.45) is 0 Å². The summed E-state index contributed by atoms with van der Waals surface area (Å²) in [4.78, 5) is 10.1. The molecule has 1 aliphatic heterocycles. The number of aliphatic hydroxyl groups is 1. The molecule has 0 aromatic rings. The minimum Gasteiger partial charge on any atom is -0.393 e. The molecule has 0 aliphatic carbocycles. The topological polar surface area (TPSA) is 49.3 Å². The Hall–Kier alpha value is -0.570. The van der Waals surface area contributed by atoms with Gasteiger partial charge in [-0.3, -0.25) is 4.79 Å². The Labute approximate surface area is 99.6 Å². The van der Waals surface area contributed by atoms with Crippen molar-refractivity contribution >= 4 is 5.91 Å². The first kappa shape index (κ1) is 15.4. The van der Waals surface area contributed by atoms with Crippen molar-refractivity contribution in [1.82, 2.24) is 5.32 Å². The molecule has 0 spiro atoms. The van der Waals surface area contributed by atoms with Crippen LogP contribution in [0.25, 0.3) is 0 Å². The van der Waals surface area contributed by atoms with Gasteiger partial charge in [0, 0.05) is 13.0 Å². The van der Waals surface area contributed by atoms with Gasteiger partial charge in [0.05, 0.1) is 6.10 Å². The standard InChI is InChI=1S/C9H20O.C4H7NO/c1-3-5-7-9(10)8-6-4-2;6-4-2-1-3-5-4/h9-10H,3-8H2,1-2H3;1-3H2,(H,5,6). The monoisotopic (exact) mass is 229 g/mol. The number of carbonyl (C=O) groups is 1. The van der Waals surface area contributed by atoms with Crippen molar-refractivity contribution in [2.45, 2.75) is 71.3 Å². The lowest BCUT2D eigenvalue weighted by Crippen LogP contribution is -2.12. The average Bonchev–Trinajstić information content (AvgIpc) is 2.75. The van der Waals surface area contributed by atoms with Crippen LogP contribution in [0.5, 0.6) is 0 Å². The van der Waals surface area contributed by atoms with Crippen LogP contribution < -0.4 is 5.32 Å². The van der Waals surface area contributed by atoms with Crippen molar-refractivity contribution in [2.75, 3.05) is 6.54 Å². The summed E-state index contributed by atoms with van der Waals surface area (Å²) < 4.78 is 0. The van der Waals surface area contributed by atoms with Gasteiger partial charge in [-0.2, -0.15) is 0 Å². The fraction of sp³-hybridized carbons (Fsp3) is 0.923. The van der Waals surface area contributed by atoms with E-state index in [2.05, 4.69) is 19.2 Å². The van der Waals surface area contributed by atoms with E-state index in [0.29, 0.717) is 0 Å². The smallest absolute Gasteiger partial charge is 0.220 e. The number of carbonyl (C=O) groups excluding carboxylic acids is 1. The van der Waals surface area contributed by atoms with Crippen molar-refractivity contribution in [3.8, 4) is 0 Å². The molecule has 1 saturated heterocycles. The molecule has 0 unspecified atom stereocenters. The molecule has 1 fully saturated rings. The third-order valence-electron chi connectivity index (χ3n) is 2.68. The van der Waals surface area contributed by atoms with Crippen LogP contribution in [0.1, 0.15) is 65.2 Å². The van der Waals surface area contributed by atoms with Gasteiger partial charge in [-0.15, -0.1) is 0 Å². The summed E-state index contributed by atoms with van der Waals surface area (Å²) in [5, 5.41) is 12.0. The van der Waals surface area contributed by atoms with E-state index >= 15 is 0 Å². The highest BCUT2D eigenvalue weighted by Gasteiger charge is 2.05. The normalized spacial score (nSPS) is 14.6. The van der Waals surface area contributed by atoms with E-state index in [9.17, 15) is 9.90 Å². The summed E-state index contributed by atoms with van der Waals surface area (Å²) in [6, 6.07) is 0. The molecule has 2 N–H and O–H groups in total. The molecule has 96 valence electrons. The number of nitrogens with one attached hydrogen (secondary N) is 1. The van der Waals surface area contributed by atoms with E-state index in [0.717, 1.165) is 32.2 Å². The van der Waals surface area contributed by atoms with E-state index in [1.165, 1.54) is 25.7 Å². The highest BCUT2D eigenvalue weighted by molar-refractivity contribution is 5.77. The molecular formula is C13H27NO2. The molecule has 1 amide bonds. The molecule has 0 saturated carbocycles. The maximum Gasteiger partial charge on any atom is 0.220 e. The molecule has 16 heavy (non-hydrogen) atoms. The van der Waals surface area contributed by atoms with E-state index in [4.69, 9.17) is 0 Å². The summed E-state index contributed by atoms with van der Waals surface area (Å²) in [6.45, 7) is 5.21. The van der Waals surface area contributed by atoms with Crippen LogP contribution in [0.3, 0.4) is 0 Å². The Morgan fingerprint density at radius 1 is 1.25 bits per heavy atom. The third-order valence-corrected chi connectivity index (χ3v) is 2.68. The van der Waals surface area contributed by atoms with Gasteiger partial charge in [0.15, 0.2) is 0 Å². The van der Waals surface area contributed by atoms with E-state index in [-0.39, 0.29) is 12.0 Å². The van der Waals surface area contributed by atoms with Crippen LogP contribution in [0.2, 0.25) is 0 Å². The molecule has 0 aromatic heterocycles. The lowest BCUT2D eigenvalue weighted by Gasteiger charge is -2.07. The maximum atomic E-state index is 10.1. The predicted molar refractivity (Wildman–Crippen MR) is 67.3 cm³/mol. The number of hydrogen-bond donors (Lipinski definition) is 2. The van der Waals surface area contributed by atoms with Crippen LogP contribution >= 0.6 is 0 Å². The third kappa shape index (κ3) is 9.97. The number of aliphatic hydroxyl groups excluding tert-OH is 1. The van der Waals surface area contributed by atoms with Gasteiger partial charge in [-0.05, 0) is 19.3 Å².